The Kier molecular flexibility index (Phi) is 3.01. The van der Waals surface area contributed by atoms with Crippen molar-refractivity contribution < 1.29 is 4.79 Å². The van der Waals surface area contributed by atoms with Crippen molar-refractivity contribution in [1.29, 1.82) is 0 Å². The first-order chi connectivity index (χ1) is 6.09. The highest BCUT2D eigenvalue weighted by atomic mass is 16.1. The number of hydrogen-bond donors (Lipinski definition) is 1. The number of carbonyl (C=O) groups is 1. The molecule has 1 N–H and O–H groups in total. The Balaban J connectivity index is 2.76. The zero-order valence-corrected chi connectivity index (χ0v) is 8.16. The van der Waals surface area contributed by atoms with Gasteiger partial charge in [0.2, 0.25) is 5.91 Å². The molecule has 0 bridgehead atoms. The van der Waals surface area contributed by atoms with Crippen LogP contribution in [0.1, 0.15) is 31.3 Å². The van der Waals surface area contributed by atoms with Crippen molar-refractivity contribution in [2.75, 3.05) is 0 Å². The van der Waals surface area contributed by atoms with E-state index in [-0.39, 0.29) is 11.9 Å². The van der Waals surface area contributed by atoms with Crippen LogP contribution in [0.2, 0.25) is 0 Å². The lowest BCUT2D eigenvalue weighted by molar-refractivity contribution is -0.119. The average Bonchev–Trinajstić information content (AvgIpc) is 2.03. The number of amides is 1. The van der Waals surface area contributed by atoms with E-state index in [1.165, 1.54) is 6.92 Å². The van der Waals surface area contributed by atoms with Gasteiger partial charge in [-0.25, -0.2) is 0 Å². The van der Waals surface area contributed by atoms with Gasteiger partial charge in [0.1, 0.15) is 0 Å². The average molecular weight is 178 g/mol. The zero-order valence-electron chi connectivity index (χ0n) is 8.16. The molecule has 3 heteroatoms. The molecule has 0 aliphatic heterocycles. The summed E-state index contributed by atoms with van der Waals surface area (Å²) in [4.78, 5) is 15.1. The van der Waals surface area contributed by atoms with Crippen molar-refractivity contribution >= 4 is 5.91 Å². The molecule has 3 nitrogen and oxygen atoms in total. The molecule has 0 aliphatic carbocycles. The number of hydrogen-bond acceptors (Lipinski definition) is 2. The predicted octanol–water partition coefficient (Wildman–Crippen LogP) is 1.59. The van der Waals surface area contributed by atoms with Gasteiger partial charge >= 0.3 is 0 Å². The topological polar surface area (TPSA) is 42.0 Å². The molecule has 1 heterocycles. The maximum absolute atomic E-state index is 10.8. The quantitative estimate of drug-likeness (QED) is 0.747. The number of nitrogens with one attached hydrogen (secondary N) is 1. The highest BCUT2D eigenvalue weighted by Crippen LogP contribution is 2.08. The van der Waals surface area contributed by atoms with Gasteiger partial charge in [0.15, 0.2) is 0 Å². The molecule has 0 aliphatic rings. The first-order valence-corrected chi connectivity index (χ1v) is 4.30. The molecule has 0 saturated carbocycles. The van der Waals surface area contributed by atoms with E-state index in [2.05, 4.69) is 10.3 Å². The minimum Gasteiger partial charge on any atom is -0.348 e. The Morgan fingerprint density at radius 3 is 2.77 bits per heavy atom. The maximum atomic E-state index is 10.8. The molecule has 1 aromatic heterocycles. The minimum absolute atomic E-state index is 0.0163. The number of aryl methyl sites for hydroxylation is 1. The second-order valence-electron chi connectivity index (χ2n) is 3.13. The number of nitrogens with zero attached hydrogens (tertiary/aromatic N) is 1. The summed E-state index contributed by atoms with van der Waals surface area (Å²) in [7, 11) is 0. The van der Waals surface area contributed by atoms with Crippen molar-refractivity contribution in [3.8, 4) is 0 Å². The van der Waals surface area contributed by atoms with E-state index in [9.17, 15) is 4.79 Å². The molecule has 0 radical (unpaired) electrons. The molecular weight excluding hydrogens is 164 g/mol. The van der Waals surface area contributed by atoms with Crippen LogP contribution in [0.15, 0.2) is 18.2 Å². The zero-order chi connectivity index (χ0) is 9.84. The van der Waals surface area contributed by atoms with E-state index in [0.29, 0.717) is 0 Å². The Morgan fingerprint density at radius 2 is 2.23 bits per heavy atom. The van der Waals surface area contributed by atoms with Crippen molar-refractivity contribution in [1.82, 2.24) is 10.3 Å². The molecule has 1 aromatic rings. The van der Waals surface area contributed by atoms with Gasteiger partial charge in [-0.2, -0.15) is 0 Å². The molecule has 0 fully saturated rings. The van der Waals surface area contributed by atoms with Gasteiger partial charge in [-0.15, -0.1) is 0 Å². The van der Waals surface area contributed by atoms with Crippen LogP contribution >= 0.6 is 0 Å². The monoisotopic (exact) mass is 178 g/mol. The van der Waals surface area contributed by atoms with Gasteiger partial charge in [0, 0.05) is 12.6 Å². The Labute approximate surface area is 78.2 Å². The van der Waals surface area contributed by atoms with Crippen LogP contribution in [-0.2, 0) is 4.79 Å². The van der Waals surface area contributed by atoms with E-state index in [1.807, 2.05) is 32.0 Å². The largest absolute Gasteiger partial charge is 0.348 e. The molecule has 1 rings (SSSR count). The van der Waals surface area contributed by atoms with E-state index < -0.39 is 0 Å². The molecular formula is C10H14N2O. The van der Waals surface area contributed by atoms with E-state index >= 15 is 0 Å². The number of carbonyl (C=O) groups excluding carboxylic acids is 1. The first-order valence-electron chi connectivity index (χ1n) is 4.30. The summed E-state index contributed by atoms with van der Waals surface area (Å²) in [6, 6.07) is 5.77. The third kappa shape index (κ3) is 2.86. The number of aromatic nitrogens is 1. The fraction of sp³-hybridized carbons (Fsp3) is 0.400. The SMILES string of the molecule is CC(=O)NC(C)c1cccc(C)n1. The van der Waals surface area contributed by atoms with Gasteiger partial charge in [-0.1, -0.05) is 6.07 Å². The van der Waals surface area contributed by atoms with Gasteiger partial charge < -0.3 is 5.32 Å². The first kappa shape index (κ1) is 9.71. The van der Waals surface area contributed by atoms with Crippen LogP contribution in [0.25, 0.3) is 0 Å². The smallest absolute Gasteiger partial charge is 0.217 e. The van der Waals surface area contributed by atoms with Crippen LogP contribution in [0, 0.1) is 6.92 Å². The summed E-state index contributed by atoms with van der Waals surface area (Å²) in [5.41, 5.74) is 1.87. The maximum Gasteiger partial charge on any atom is 0.217 e. The van der Waals surface area contributed by atoms with Crippen LogP contribution < -0.4 is 5.32 Å². The summed E-state index contributed by atoms with van der Waals surface area (Å²) in [5, 5.41) is 2.78. The summed E-state index contributed by atoms with van der Waals surface area (Å²) < 4.78 is 0. The molecule has 1 unspecified atom stereocenters. The van der Waals surface area contributed by atoms with Gasteiger partial charge in [0.25, 0.3) is 0 Å². The number of rotatable bonds is 2. The lowest BCUT2D eigenvalue weighted by Gasteiger charge is -2.11. The summed E-state index contributed by atoms with van der Waals surface area (Å²) in [6.45, 7) is 5.36. The lowest BCUT2D eigenvalue weighted by Crippen LogP contribution is -2.24. The normalized spacial score (nSPS) is 12.2. The highest BCUT2D eigenvalue weighted by molar-refractivity contribution is 5.73. The van der Waals surface area contributed by atoms with Crippen molar-refractivity contribution in [3.05, 3.63) is 29.6 Å². The van der Waals surface area contributed by atoms with Crippen molar-refractivity contribution in [3.63, 3.8) is 0 Å². The van der Waals surface area contributed by atoms with E-state index in [1.54, 1.807) is 0 Å². The fourth-order valence-corrected chi connectivity index (χ4v) is 1.18. The molecule has 1 atom stereocenters. The summed E-state index contributed by atoms with van der Waals surface area (Å²) in [5.74, 6) is -0.0317. The third-order valence-electron chi connectivity index (χ3n) is 1.77. The molecule has 1 amide bonds. The van der Waals surface area contributed by atoms with Gasteiger partial charge in [0.05, 0.1) is 11.7 Å². The van der Waals surface area contributed by atoms with Crippen LogP contribution in [-0.4, -0.2) is 10.9 Å². The molecule has 0 saturated heterocycles. The summed E-state index contributed by atoms with van der Waals surface area (Å²) >= 11 is 0. The third-order valence-corrected chi connectivity index (χ3v) is 1.77. The minimum atomic E-state index is -0.0317. The van der Waals surface area contributed by atoms with E-state index in [4.69, 9.17) is 0 Å². The van der Waals surface area contributed by atoms with Crippen LogP contribution in [0.5, 0.6) is 0 Å². The fourth-order valence-electron chi connectivity index (χ4n) is 1.18. The second-order valence-corrected chi connectivity index (χ2v) is 3.13. The van der Waals surface area contributed by atoms with Gasteiger partial charge in [-0.05, 0) is 26.0 Å². The summed E-state index contributed by atoms with van der Waals surface area (Å²) in [6.07, 6.45) is 0. The molecule has 13 heavy (non-hydrogen) atoms. The molecule has 0 aromatic carbocycles. The number of pyridine rings is 1. The molecule has 0 spiro atoms. The van der Waals surface area contributed by atoms with E-state index in [0.717, 1.165) is 11.4 Å². The Hall–Kier alpha value is -1.38. The predicted molar refractivity (Wildman–Crippen MR) is 51.2 cm³/mol. The Morgan fingerprint density at radius 1 is 1.54 bits per heavy atom. The second kappa shape index (κ2) is 4.03. The standard InChI is InChI=1S/C10H14N2O/c1-7-5-4-6-10(11-7)8(2)12-9(3)13/h4-6,8H,1-3H3,(H,12,13). The van der Waals surface area contributed by atoms with Crippen molar-refractivity contribution in [2.45, 2.75) is 26.8 Å². The van der Waals surface area contributed by atoms with Gasteiger partial charge in [-0.3, -0.25) is 9.78 Å². The molecule has 70 valence electrons. The lowest BCUT2D eigenvalue weighted by atomic mass is 10.2. The Bertz CT molecular complexity index is 310. The highest BCUT2D eigenvalue weighted by Gasteiger charge is 2.06. The van der Waals surface area contributed by atoms with Crippen LogP contribution in [0.4, 0.5) is 0 Å². The van der Waals surface area contributed by atoms with Crippen molar-refractivity contribution in [2.24, 2.45) is 0 Å². The van der Waals surface area contributed by atoms with Crippen LogP contribution in [0.3, 0.4) is 0 Å².